The number of pyridine rings is 1. The number of alkyl halides is 3. The van der Waals surface area contributed by atoms with Crippen LogP contribution in [0.5, 0.6) is 5.75 Å². The van der Waals surface area contributed by atoms with Gasteiger partial charge >= 0.3 is 6.18 Å². The number of nitrogens with two attached hydrogens (primary N) is 1. The van der Waals surface area contributed by atoms with Crippen LogP contribution in [0, 0.1) is 17.6 Å². The van der Waals surface area contributed by atoms with E-state index in [0.717, 1.165) is 32.2 Å². The Bertz CT molecular complexity index is 1260. The molecule has 6 N–H and O–H groups in total. The molecule has 1 aliphatic heterocycles. The molecule has 0 unspecified atom stereocenters. The van der Waals surface area contributed by atoms with E-state index in [2.05, 4.69) is 15.6 Å². The summed E-state index contributed by atoms with van der Waals surface area (Å²) in [5, 5.41) is 24.2. The van der Waals surface area contributed by atoms with Crippen LogP contribution in [-0.2, 0) is 14.3 Å². The minimum atomic E-state index is -4.96. The van der Waals surface area contributed by atoms with E-state index in [0.29, 0.717) is 6.07 Å². The third kappa shape index (κ3) is 6.01. The third-order valence-corrected chi connectivity index (χ3v) is 6.84. The van der Waals surface area contributed by atoms with Crippen molar-refractivity contribution in [3.63, 3.8) is 0 Å². The molecule has 2 heterocycles. The molecule has 1 saturated heterocycles. The fourth-order valence-corrected chi connectivity index (χ4v) is 4.54. The number of benzene rings is 1. The Balaban J connectivity index is 2.06. The number of amides is 2. The van der Waals surface area contributed by atoms with E-state index in [4.69, 9.17) is 15.2 Å². The van der Waals surface area contributed by atoms with Crippen molar-refractivity contribution in [1.29, 1.82) is 0 Å². The third-order valence-electron chi connectivity index (χ3n) is 6.84. The van der Waals surface area contributed by atoms with Crippen molar-refractivity contribution >= 4 is 23.3 Å². The lowest BCUT2D eigenvalue weighted by atomic mass is 9.77. The largest absolute Gasteiger partial charge is 0.493 e. The molecule has 0 aliphatic carbocycles. The van der Waals surface area contributed by atoms with Crippen LogP contribution in [0.15, 0.2) is 24.3 Å². The van der Waals surface area contributed by atoms with Crippen molar-refractivity contribution in [1.82, 2.24) is 4.98 Å². The van der Waals surface area contributed by atoms with E-state index < -0.39 is 71.6 Å². The average molecular weight is 577 g/mol. The lowest BCUT2D eigenvalue weighted by Crippen LogP contribution is -2.47. The summed E-state index contributed by atoms with van der Waals surface area (Å²) < 4.78 is 81.2. The van der Waals surface area contributed by atoms with Crippen LogP contribution in [0.3, 0.4) is 0 Å². The SMILES string of the molecule is COc1c([C@H]2[C@H](C(=O)Nc3cc(NC(=O)CCN)nc([C@@H](O)CO)c3)O[C@@](C)(C(F)(F)F)[C@H]2C)ccc(F)c1F. The van der Waals surface area contributed by atoms with Crippen molar-refractivity contribution < 1.29 is 51.2 Å². The van der Waals surface area contributed by atoms with Gasteiger partial charge in [-0.05, 0) is 19.1 Å². The smallest absolute Gasteiger partial charge is 0.417 e. The van der Waals surface area contributed by atoms with Gasteiger partial charge in [-0.25, -0.2) is 9.37 Å². The number of nitrogens with zero attached hydrogens (tertiary/aromatic N) is 1. The Hall–Kier alpha value is -3.40. The van der Waals surface area contributed by atoms with Crippen molar-refractivity contribution in [2.24, 2.45) is 11.7 Å². The number of aliphatic hydroxyl groups is 2. The first kappa shape index (κ1) is 31.1. The van der Waals surface area contributed by atoms with E-state index in [9.17, 15) is 41.8 Å². The maximum atomic E-state index is 14.5. The molecule has 1 fully saturated rings. The molecular weight excluding hydrogens is 547 g/mol. The van der Waals surface area contributed by atoms with Crippen LogP contribution in [0.25, 0.3) is 0 Å². The second kappa shape index (κ2) is 12.0. The molecule has 15 heteroatoms. The summed E-state index contributed by atoms with van der Waals surface area (Å²) in [7, 11) is 1.01. The number of hydrogen-bond acceptors (Lipinski definition) is 8. The van der Waals surface area contributed by atoms with Crippen LogP contribution in [0.2, 0.25) is 0 Å². The highest BCUT2D eigenvalue weighted by Gasteiger charge is 2.66. The number of ether oxygens (including phenoxy) is 2. The van der Waals surface area contributed by atoms with Gasteiger partial charge in [-0.2, -0.15) is 17.6 Å². The molecule has 1 aromatic heterocycles. The molecule has 3 rings (SSSR count). The lowest BCUT2D eigenvalue weighted by Gasteiger charge is -2.32. The number of carbonyl (C=O) groups is 2. The summed E-state index contributed by atoms with van der Waals surface area (Å²) in [5.74, 6) is -8.16. The van der Waals surface area contributed by atoms with Crippen LogP contribution in [0.4, 0.5) is 33.5 Å². The van der Waals surface area contributed by atoms with Crippen molar-refractivity contribution in [2.45, 2.75) is 50.2 Å². The minimum Gasteiger partial charge on any atom is -0.493 e. The topological polar surface area (TPSA) is 156 Å². The summed E-state index contributed by atoms with van der Waals surface area (Å²) in [5.41, 5.74) is 1.96. The van der Waals surface area contributed by atoms with Crippen LogP contribution in [-0.4, -0.2) is 65.2 Å². The van der Waals surface area contributed by atoms with E-state index in [1.807, 2.05) is 0 Å². The van der Waals surface area contributed by atoms with Gasteiger partial charge in [0.2, 0.25) is 11.7 Å². The maximum Gasteiger partial charge on any atom is 0.417 e. The Labute approximate surface area is 225 Å². The Morgan fingerprint density at radius 1 is 1.25 bits per heavy atom. The number of rotatable bonds is 9. The maximum absolute atomic E-state index is 14.5. The van der Waals surface area contributed by atoms with Gasteiger partial charge in [0, 0.05) is 42.1 Å². The molecule has 0 radical (unpaired) electrons. The molecule has 0 saturated carbocycles. The van der Waals surface area contributed by atoms with Crippen LogP contribution >= 0.6 is 0 Å². The highest BCUT2D eigenvalue weighted by molar-refractivity contribution is 5.96. The van der Waals surface area contributed by atoms with Crippen molar-refractivity contribution in [3.8, 4) is 5.75 Å². The summed E-state index contributed by atoms with van der Waals surface area (Å²) in [6, 6.07) is 4.03. The molecule has 0 bridgehead atoms. The number of hydrogen-bond donors (Lipinski definition) is 5. The Morgan fingerprint density at radius 2 is 1.93 bits per heavy atom. The summed E-state index contributed by atoms with van der Waals surface area (Å²) in [4.78, 5) is 29.4. The summed E-state index contributed by atoms with van der Waals surface area (Å²) in [6.07, 6.45) is -8.45. The zero-order valence-electron chi connectivity index (χ0n) is 21.7. The van der Waals surface area contributed by atoms with Crippen LogP contribution < -0.4 is 21.1 Å². The van der Waals surface area contributed by atoms with Gasteiger partial charge in [0.15, 0.2) is 17.2 Å². The predicted molar refractivity (Wildman–Crippen MR) is 131 cm³/mol. The molecule has 40 heavy (non-hydrogen) atoms. The number of carbonyl (C=O) groups excluding carboxylic acids is 2. The Morgan fingerprint density at radius 3 is 2.50 bits per heavy atom. The normalized spacial score (nSPS) is 23.5. The van der Waals surface area contributed by atoms with Crippen molar-refractivity contribution in [2.75, 3.05) is 30.9 Å². The van der Waals surface area contributed by atoms with Crippen LogP contribution in [0.1, 0.15) is 43.5 Å². The molecule has 220 valence electrons. The quantitative estimate of drug-likeness (QED) is 0.286. The lowest BCUT2D eigenvalue weighted by molar-refractivity contribution is -0.272. The van der Waals surface area contributed by atoms with Gasteiger partial charge in [0.1, 0.15) is 18.0 Å². The number of anilines is 2. The van der Waals surface area contributed by atoms with Gasteiger partial charge in [-0.1, -0.05) is 13.0 Å². The molecule has 5 atom stereocenters. The predicted octanol–water partition coefficient (Wildman–Crippen LogP) is 2.76. The van der Waals surface area contributed by atoms with Gasteiger partial charge in [-0.3, -0.25) is 9.59 Å². The number of aromatic nitrogens is 1. The van der Waals surface area contributed by atoms with Gasteiger partial charge in [0.05, 0.1) is 19.4 Å². The second-order valence-corrected chi connectivity index (χ2v) is 9.38. The number of aliphatic hydroxyl groups excluding tert-OH is 2. The highest BCUT2D eigenvalue weighted by Crippen LogP contribution is 2.55. The average Bonchev–Trinajstić information content (AvgIpc) is 3.16. The summed E-state index contributed by atoms with van der Waals surface area (Å²) in [6.45, 7) is 1.15. The molecule has 2 aromatic rings. The zero-order chi connectivity index (χ0) is 30.0. The van der Waals surface area contributed by atoms with E-state index in [1.165, 1.54) is 6.92 Å². The molecule has 2 amide bonds. The number of halogens is 5. The second-order valence-electron chi connectivity index (χ2n) is 9.38. The molecular formula is C25H29F5N4O6. The van der Waals surface area contributed by atoms with Crippen molar-refractivity contribution in [3.05, 3.63) is 47.2 Å². The first-order valence-electron chi connectivity index (χ1n) is 12.1. The highest BCUT2D eigenvalue weighted by atomic mass is 19.4. The number of methoxy groups -OCH3 is 1. The molecule has 1 aliphatic rings. The van der Waals surface area contributed by atoms with E-state index >= 15 is 0 Å². The molecule has 0 spiro atoms. The number of nitrogens with one attached hydrogen (secondary N) is 2. The monoisotopic (exact) mass is 576 g/mol. The molecule has 10 nitrogen and oxygen atoms in total. The fourth-order valence-electron chi connectivity index (χ4n) is 4.54. The standard InChI is InChI=1S/C25H29F5N4O6/c1-11-19(13-4-5-14(26)20(27)21(13)39-3)22(40-24(11,2)25(28,29)30)23(38)32-12-8-15(16(36)10-35)33-17(9-12)34-18(37)6-7-31/h4-5,8-9,11,16,19,22,35-36H,6-7,10,31H2,1-3H3,(H2,32,33,34,37,38)/t11-,16-,19-,22+,24+/m0/s1. The fraction of sp³-hybridized carbons (Fsp3) is 0.480. The van der Waals surface area contributed by atoms with Gasteiger partial charge in [-0.15, -0.1) is 0 Å². The Kier molecular flexibility index (Phi) is 9.34. The molecule has 1 aromatic carbocycles. The zero-order valence-corrected chi connectivity index (χ0v) is 21.7. The van der Waals surface area contributed by atoms with E-state index in [1.54, 1.807) is 0 Å². The van der Waals surface area contributed by atoms with Gasteiger partial charge < -0.3 is 36.1 Å². The minimum absolute atomic E-state index is 0.0123. The first-order valence-corrected chi connectivity index (χ1v) is 12.1. The van der Waals surface area contributed by atoms with Gasteiger partial charge in [0.25, 0.3) is 5.91 Å². The summed E-state index contributed by atoms with van der Waals surface area (Å²) >= 11 is 0. The van der Waals surface area contributed by atoms with E-state index in [-0.39, 0.29) is 35.7 Å². The first-order chi connectivity index (χ1) is 18.7.